The van der Waals surface area contributed by atoms with Crippen molar-refractivity contribution in [1.29, 1.82) is 0 Å². The zero-order valence-corrected chi connectivity index (χ0v) is 13.7. The van der Waals surface area contributed by atoms with Crippen LogP contribution in [-0.4, -0.2) is 67.8 Å². The molecule has 0 radical (unpaired) electrons. The molecule has 2 aliphatic rings. The van der Waals surface area contributed by atoms with Crippen LogP contribution in [-0.2, 0) is 4.74 Å². The monoisotopic (exact) mass is 344 g/mol. The molecular formula is C17H20N4O4. The van der Waals surface area contributed by atoms with E-state index in [1.807, 2.05) is 24.5 Å². The van der Waals surface area contributed by atoms with Gasteiger partial charge >= 0.3 is 0 Å². The summed E-state index contributed by atoms with van der Waals surface area (Å²) in [7, 11) is 0. The first-order chi connectivity index (χ1) is 12.0. The number of fused-ring (bicyclic) bond motifs is 1. The third-order valence-corrected chi connectivity index (χ3v) is 4.75. The van der Waals surface area contributed by atoms with Gasteiger partial charge in [0.15, 0.2) is 6.23 Å². The van der Waals surface area contributed by atoms with Crippen LogP contribution in [0, 0.1) is 0 Å². The highest BCUT2D eigenvalue weighted by molar-refractivity contribution is 6.16. The largest absolute Gasteiger partial charge is 0.394 e. The zero-order chi connectivity index (χ0) is 17.6. The van der Waals surface area contributed by atoms with Crippen LogP contribution in [0.25, 0.3) is 0 Å². The summed E-state index contributed by atoms with van der Waals surface area (Å²) >= 11 is 0. The second-order valence-corrected chi connectivity index (χ2v) is 6.44. The zero-order valence-electron chi connectivity index (χ0n) is 13.7. The topological polar surface area (TPSA) is 115 Å². The Morgan fingerprint density at radius 1 is 1.44 bits per heavy atom. The summed E-state index contributed by atoms with van der Waals surface area (Å²) in [5.74, 6) is 0.591. The van der Waals surface area contributed by atoms with Gasteiger partial charge in [0.1, 0.15) is 23.6 Å². The van der Waals surface area contributed by atoms with Gasteiger partial charge < -0.3 is 29.6 Å². The number of aliphatic hydroxyl groups excluding tert-OH is 2. The highest BCUT2D eigenvalue weighted by atomic mass is 16.6. The third-order valence-electron chi connectivity index (χ3n) is 4.75. The number of nitrogens with one attached hydrogen (secondary N) is 1. The SMILES string of the molecule is C[C@]1(O)[C@H](O)[C@@H](CO)O[C@H]1n1ccc2c1N=CCN=C2c1cc[nH]c1. The molecule has 0 spiro atoms. The second-order valence-electron chi connectivity index (χ2n) is 6.44. The first-order valence-corrected chi connectivity index (χ1v) is 8.12. The number of hydrogen-bond donors (Lipinski definition) is 4. The van der Waals surface area contributed by atoms with E-state index in [2.05, 4.69) is 15.0 Å². The summed E-state index contributed by atoms with van der Waals surface area (Å²) in [6, 6.07) is 3.79. The predicted octanol–water partition coefficient (Wildman–Crippen LogP) is 0.371. The van der Waals surface area contributed by atoms with Gasteiger partial charge in [0.2, 0.25) is 0 Å². The quantitative estimate of drug-likeness (QED) is 0.644. The van der Waals surface area contributed by atoms with Gasteiger partial charge in [0, 0.05) is 35.9 Å². The first kappa shape index (κ1) is 16.2. The van der Waals surface area contributed by atoms with Crippen molar-refractivity contribution < 1.29 is 20.1 Å². The molecule has 0 saturated carbocycles. The van der Waals surface area contributed by atoms with Gasteiger partial charge in [-0.05, 0) is 19.1 Å². The highest BCUT2D eigenvalue weighted by Crippen LogP contribution is 2.41. The molecule has 1 fully saturated rings. The molecule has 25 heavy (non-hydrogen) atoms. The Hall–Kier alpha value is -2.26. The van der Waals surface area contributed by atoms with Crippen molar-refractivity contribution in [1.82, 2.24) is 9.55 Å². The van der Waals surface area contributed by atoms with Crippen molar-refractivity contribution in [3.63, 3.8) is 0 Å². The van der Waals surface area contributed by atoms with Crippen LogP contribution in [0.15, 0.2) is 40.7 Å². The van der Waals surface area contributed by atoms with Crippen molar-refractivity contribution in [2.45, 2.75) is 31.0 Å². The number of aromatic nitrogens is 2. The molecule has 0 unspecified atom stereocenters. The Bertz CT molecular complexity index is 822. The number of H-pyrrole nitrogens is 1. The van der Waals surface area contributed by atoms with Crippen molar-refractivity contribution in [2.75, 3.05) is 13.2 Å². The fourth-order valence-corrected chi connectivity index (χ4v) is 3.40. The Balaban J connectivity index is 1.79. The highest BCUT2D eigenvalue weighted by Gasteiger charge is 2.53. The van der Waals surface area contributed by atoms with Gasteiger partial charge in [-0.15, -0.1) is 0 Å². The van der Waals surface area contributed by atoms with Gasteiger partial charge in [0.05, 0.1) is 18.9 Å². The van der Waals surface area contributed by atoms with Crippen molar-refractivity contribution in [3.8, 4) is 0 Å². The van der Waals surface area contributed by atoms with E-state index in [4.69, 9.17) is 4.74 Å². The molecule has 0 amide bonds. The van der Waals surface area contributed by atoms with Crippen LogP contribution in [0.2, 0.25) is 0 Å². The minimum Gasteiger partial charge on any atom is -0.394 e. The van der Waals surface area contributed by atoms with Crippen LogP contribution in [0.5, 0.6) is 0 Å². The fourth-order valence-electron chi connectivity index (χ4n) is 3.40. The second kappa shape index (κ2) is 5.92. The van der Waals surface area contributed by atoms with E-state index in [9.17, 15) is 15.3 Å². The van der Waals surface area contributed by atoms with Crippen LogP contribution in [0.3, 0.4) is 0 Å². The lowest BCUT2D eigenvalue weighted by Crippen LogP contribution is -2.44. The van der Waals surface area contributed by atoms with Crippen LogP contribution in [0.4, 0.5) is 5.82 Å². The Morgan fingerprint density at radius 3 is 2.96 bits per heavy atom. The summed E-state index contributed by atoms with van der Waals surface area (Å²) in [6.07, 6.45) is 4.21. The predicted molar refractivity (Wildman–Crippen MR) is 91.5 cm³/mol. The summed E-state index contributed by atoms with van der Waals surface area (Å²) < 4.78 is 7.39. The molecule has 0 aromatic carbocycles. The van der Waals surface area contributed by atoms with Crippen LogP contribution in [0.1, 0.15) is 24.3 Å². The molecule has 8 nitrogen and oxygen atoms in total. The molecule has 2 aliphatic heterocycles. The fraction of sp³-hybridized carbons (Fsp3) is 0.412. The lowest BCUT2D eigenvalue weighted by molar-refractivity contribution is -0.0956. The lowest BCUT2D eigenvalue weighted by atomic mass is 9.96. The summed E-state index contributed by atoms with van der Waals surface area (Å²) in [4.78, 5) is 12.1. The van der Waals surface area contributed by atoms with E-state index >= 15 is 0 Å². The molecule has 8 heteroatoms. The first-order valence-electron chi connectivity index (χ1n) is 8.12. The van der Waals surface area contributed by atoms with Crippen LogP contribution < -0.4 is 0 Å². The third kappa shape index (κ3) is 2.46. The van der Waals surface area contributed by atoms with Crippen molar-refractivity contribution in [2.24, 2.45) is 9.98 Å². The standard InChI is InChI=1S/C17H20N4O4/c1-17(24)14(23)12(9-22)25-16(17)21-7-3-11-13(10-2-4-18-8-10)19-5-6-20-15(11)21/h2-4,6-8,12,14,16,18,22-24H,5,9H2,1H3/t12-,14-,16-,17+/m1/s1. The van der Waals surface area contributed by atoms with E-state index in [-0.39, 0.29) is 6.61 Å². The van der Waals surface area contributed by atoms with Gasteiger partial charge in [0.25, 0.3) is 0 Å². The number of nitrogens with zero attached hydrogens (tertiary/aromatic N) is 3. The Labute approximate surface area is 144 Å². The van der Waals surface area contributed by atoms with Crippen molar-refractivity contribution >= 4 is 17.7 Å². The van der Waals surface area contributed by atoms with E-state index < -0.39 is 24.0 Å². The van der Waals surface area contributed by atoms with Gasteiger partial charge in [-0.2, -0.15) is 0 Å². The lowest BCUT2D eigenvalue weighted by Gasteiger charge is -2.28. The average Bonchev–Trinajstić information content (AvgIpc) is 3.27. The normalized spacial score (nSPS) is 31.7. The number of hydrogen-bond acceptors (Lipinski definition) is 6. The van der Waals surface area contributed by atoms with E-state index in [1.54, 1.807) is 17.0 Å². The number of aromatic amines is 1. The van der Waals surface area contributed by atoms with E-state index in [0.29, 0.717) is 12.4 Å². The molecule has 0 aliphatic carbocycles. The Kier molecular flexibility index (Phi) is 3.84. The van der Waals surface area contributed by atoms with Gasteiger partial charge in [-0.3, -0.25) is 4.99 Å². The maximum atomic E-state index is 10.7. The minimum absolute atomic E-state index is 0.378. The summed E-state index contributed by atoms with van der Waals surface area (Å²) in [5, 5.41) is 30.3. The molecule has 132 valence electrons. The van der Waals surface area contributed by atoms with Crippen LogP contribution >= 0.6 is 0 Å². The van der Waals surface area contributed by atoms with E-state index in [0.717, 1.165) is 16.8 Å². The summed E-state index contributed by atoms with van der Waals surface area (Å²) in [6.45, 7) is 1.56. The van der Waals surface area contributed by atoms with Crippen molar-refractivity contribution in [3.05, 3.63) is 41.9 Å². The average molecular weight is 344 g/mol. The number of rotatable bonds is 3. The molecule has 1 saturated heterocycles. The number of aliphatic imine (C=N–C) groups is 2. The molecule has 2 aromatic rings. The minimum atomic E-state index is -1.56. The molecular weight excluding hydrogens is 324 g/mol. The molecule has 0 bridgehead atoms. The summed E-state index contributed by atoms with van der Waals surface area (Å²) in [5.41, 5.74) is 0.990. The number of aliphatic hydroxyl groups is 3. The molecule has 4 atom stereocenters. The van der Waals surface area contributed by atoms with E-state index in [1.165, 1.54) is 6.92 Å². The maximum absolute atomic E-state index is 10.7. The Morgan fingerprint density at radius 2 is 2.28 bits per heavy atom. The molecule has 4 rings (SSSR count). The maximum Gasteiger partial charge on any atom is 0.167 e. The van der Waals surface area contributed by atoms with Gasteiger partial charge in [-0.25, -0.2) is 4.99 Å². The molecule has 2 aromatic heterocycles. The smallest absolute Gasteiger partial charge is 0.167 e. The number of ether oxygens (including phenoxy) is 1. The molecule has 4 N–H and O–H groups in total. The molecule has 4 heterocycles. The van der Waals surface area contributed by atoms with Gasteiger partial charge in [-0.1, -0.05) is 0 Å².